The van der Waals surface area contributed by atoms with Crippen molar-refractivity contribution in [3.8, 4) is 29.1 Å². The molecule has 0 radical (unpaired) electrons. The Morgan fingerprint density at radius 1 is 1.27 bits per heavy atom. The summed E-state index contributed by atoms with van der Waals surface area (Å²) in [6, 6.07) is 9.49. The highest BCUT2D eigenvalue weighted by Crippen LogP contribution is 2.65. The van der Waals surface area contributed by atoms with E-state index in [1.54, 1.807) is 0 Å². The summed E-state index contributed by atoms with van der Waals surface area (Å²) < 4.78 is 12.4. The van der Waals surface area contributed by atoms with Crippen LogP contribution in [0.4, 0.5) is 0 Å². The van der Waals surface area contributed by atoms with Crippen molar-refractivity contribution < 1.29 is 24.2 Å². The SMILES string of the molecule is CC(=O)Oc1cc(O)c2c3c1C[C@@H]1[C@@H]4CC[C@@H](N(CC(C)C)C(=O)C#Cc5cccc(C)c5)[C@H](O2)[C@]34CCN1C. The molecule has 1 saturated heterocycles. The van der Waals surface area contributed by atoms with Gasteiger partial charge in [-0.25, -0.2) is 0 Å². The Morgan fingerprint density at radius 2 is 2.08 bits per heavy atom. The topological polar surface area (TPSA) is 79.3 Å². The Bertz CT molecular complexity index is 1440. The molecule has 2 aliphatic heterocycles. The van der Waals surface area contributed by atoms with Crippen molar-refractivity contribution in [2.75, 3.05) is 20.1 Å². The number of phenols is 1. The van der Waals surface area contributed by atoms with Crippen LogP contribution < -0.4 is 9.47 Å². The molecule has 4 aliphatic rings. The number of aromatic hydroxyl groups is 1. The molecule has 2 aromatic carbocycles. The van der Waals surface area contributed by atoms with E-state index in [1.807, 2.05) is 36.1 Å². The van der Waals surface area contributed by atoms with E-state index >= 15 is 0 Å². The molecule has 40 heavy (non-hydrogen) atoms. The summed E-state index contributed by atoms with van der Waals surface area (Å²) in [4.78, 5) is 30.2. The molecule has 1 saturated carbocycles. The third-order valence-corrected chi connectivity index (χ3v) is 9.46. The molecule has 2 aromatic rings. The molecular weight excluding hydrogens is 504 g/mol. The molecular formula is C33H38N2O5. The Labute approximate surface area is 236 Å². The minimum Gasteiger partial charge on any atom is -0.504 e. The Balaban J connectivity index is 1.44. The lowest BCUT2D eigenvalue weighted by Gasteiger charge is -2.60. The number of ether oxygens (including phenoxy) is 2. The van der Waals surface area contributed by atoms with Gasteiger partial charge in [0.25, 0.3) is 5.91 Å². The van der Waals surface area contributed by atoms with Gasteiger partial charge in [0, 0.05) is 53.6 Å². The highest BCUT2D eigenvalue weighted by atomic mass is 16.5. The van der Waals surface area contributed by atoms with Crippen LogP contribution in [0.3, 0.4) is 0 Å². The summed E-state index contributed by atoms with van der Waals surface area (Å²) in [5.74, 6) is 6.91. The van der Waals surface area contributed by atoms with Crippen LogP contribution in [-0.2, 0) is 21.4 Å². The van der Waals surface area contributed by atoms with Crippen molar-refractivity contribution >= 4 is 11.9 Å². The zero-order chi connectivity index (χ0) is 28.3. The van der Waals surface area contributed by atoms with Gasteiger partial charge in [0.15, 0.2) is 11.5 Å². The molecule has 1 amide bonds. The number of aryl methyl sites for hydroxylation is 1. The molecule has 1 N–H and O–H groups in total. The maximum Gasteiger partial charge on any atom is 0.308 e. The first-order valence-electron chi connectivity index (χ1n) is 14.4. The van der Waals surface area contributed by atoms with Gasteiger partial charge < -0.3 is 24.4 Å². The number of rotatable bonds is 4. The molecule has 5 atom stereocenters. The molecule has 0 aromatic heterocycles. The lowest BCUT2D eigenvalue weighted by atomic mass is 9.51. The van der Waals surface area contributed by atoms with Crippen LogP contribution in [0.25, 0.3) is 0 Å². The number of amides is 1. The number of esters is 1. The number of benzene rings is 2. The fourth-order valence-corrected chi connectivity index (χ4v) is 8.01. The molecule has 2 aliphatic carbocycles. The maximum atomic E-state index is 13.8. The van der Waals surface area contributed by atoms with Gasteiger partial charge in [0.1, 0.15) is 11.9 Å². The monoisotopic (exact) mass is 542 g/mol. The minimum absolute atomic E-state index is 0.00497. The number of carbonyl (C=O) groups is 2. The smallest absolute Gasteiger partial charge is 0.308 e. The molecule has 7 heteroatoms. The summed E-state index contributed by atoms with van der Waals surface area (Å²) in [6.45, 7) is 9.10. The third-order valence-electron chi connectivity index (χ3n) is 9.46. The average molecular weight is 543 g/mol. The van der Waals surface area contributed by atoms with Crippen molar-refractivity contribution in [3.63, 3.8) is 0 Å². The Kier molecular flexibility index (Phi) is 6.58. The first-order chi connectivity index (χ1) is 19.1. The summed E-state index contributed by atoms with van der Waals surface area (Å²) in [6.07, 6.45) is 3.05. The van der Waals surface area contributed by atoms with Crippen LogP contribution in [0.5, 0.6) is 17.2 Å². The third kappa shape index (κ3) is 4.16. The summed E-state index contributed by atoms with van der Waals surface area (Å²) >= 11 is 0. The van der Waals surface area contributed by atoms with E-state index < -0.39 is 5.97 Å². The van der Waals surface area contributed by atoms with Gasteiger partial charge in [0.05, 0.1) is 6.04 Å². The lowest BCUT2D eigenvalue weighted by Crippen LogP contribution is -2.68. The molecule has 1 spiro atoms. The number of nitrogens with zero attached hydrogens (tertiary/aromatic N) is 2. The second-order valence-electron chi connectivity index (χ2n) is 12.5. The summed E-state index contributed by atoms with van der Waals surface area (Å²) in [5, 5.41) is 11.1. The predicted molar refractivity (Wildman–Crippen MR) is 151 cm³/mol. The second-order valence-corrected chi connectivity index (χ2v) is 12.5. The molecule has 0 unspecified atom stereocenters. The number of phenolic OH excluding ortho intramolecular Hbond substituents is 1. The van der Waals surface area contributed by atoms with E-state index in [1.165, 1.54) is 13.0 Å². The molecule has 2 fully saturated rings. The zero-order valence-electron chi connectivity index (χ0n) is 24.0. The first kappa shape index (κ1) is 26.7. The van der Waals surface area contributed by atoms with E-state index in [9.17, 15) is 14.7 Å². The molecule has 7 nitrogen and oxygen atoms in total. The van der Waals surface area contributed by atoms with E-state index in [2.05, 4.69) is 37.6 Å². The van der Waals surface area contributed by atoms with Gasteiger partial charge in [-0.05, 0) is 75.7 Å². The molecule has 2 heterocycles. The fraction of sp³-hybridized carbons (Fsp3) is 0.515. The van der Waals surface area contributed by atoms with Crippen molar-refractivity contribution in [2.45, 2.75) is 77.0 Å². The van der Waals surface area contributed by atoms with Crippen LogP contribution in [0.2, 0.25) is 0 Å². The molecule has 6 rings (SSSR count). The quantitative estimate of drug-likeness (QED) is 0.355. The standard InChI is InChI=1S/C33H38N2O5/c1-19(2)18-35(29(38)12-9-22-8-6-7-20(3)15-22)25-11-10-24-26-16-23-28(39-21(4)36)17-27(37)31-30(23)33(24,32(25)40-31)13-14-34(26)5/h6-8,15,17,19,24-26,32,37H,10-11,13-14,16,18H2,1-5H3/t24-,25+,26+,32-,33-/m0/s1. The second kappa shape index (κ2) is 9.85. The summed E-state index contributed by atoms with van der Waals surface area (Å²) in [5.41, 5.74) is 3.51. The highest BCUT2D eigenvalue weighted by Gasteiger charge is 2.67. The van der Waals surface area contributed by atoms with Gasteiger partial charge in [-0.15, -0.1) is 0 Å². The summed E-state index contributed by atoms with van der Waals surface area (Å²) in [7, 11) is 2.17. The van der Waals surface area contributed by atoms with Crippen LogP contribution in [0, 0.1) is 30.6 Å². The first-order valence-corrected chi connectivity index (χ1v) is 14.4. The van der Waals surface area contributed by atoms with Crippen molar-refractivity contribution in [1.82, 2.24) is 9.80 Å². The van der Waals surface area contributed by atoms with E-state index in [-0.39, 0.29) is 41.2 Å². The maximum absolute atomic E-state index is 13.8. The largest absolute Gasteiger partial charge is 0.504 e. The normalized spacial score (nSPS) is 27.8. The van der Waals surface area contributed by atoms with Crippen LogP contribution in [0.1, 0.15) is 62.3 Å². The zero-order valence-corrected chi connectivity index (χ0v) is 24.0. The lowest BCUT2D eigenvalue weighted by molar-refractivity contribution is -0.137. The van der Waals surface area contributed by atoms with Gasteiger partial charge in [0.2, 0.25) is 0 Å². The van der Waals surface area contributed by atoms with Crippen molar-refractivity contribution in [2.24, 2.45) is 11.8 Å². The number of hydrogen-bond acceptors (Lipinski definition) is 6. The number of likely N-dealkylation sites (tertiary alicyclic amines) is 1. The van der Waals surface area contributed by atoms with Gasteiger partial charge in [-0.2, -0.15) is 0 Å². The number of carbonyl (C=O) groups excluding carboxylic acids is 2. The predicted octanol–water partition coefficient (Wildman–Crippen LogP) is 4.20. The van der Waals surface area contributed by atoms with Gasteiger partial charge in [-0.3, -0.25) is 9.59 Å². The van der Waals surface area contributed by atoms with E-state index in [0.29, 0.717) is 24.0 Å². The van der Waals surface area contributed by atoms with E-state index in [0.717, 1.165) is 54.5 Å². The number of hydrogen-bond donors (Lipinski definition) is 1. The van der Waals surface area contributed by atoms with Gasteiger partial charge in [-0.1, -0.05) is 31.9 Å². The highest BCUT2D eigenvalue weighted by molar-refractivity contribution is 5.94. The molecule has 2 bridgehead atoms. The van der Waals surface area contributed by atoms with Crippen LogP contribution in [-0.4, -0.2) is 65.1 Å². The van der Waals surface area contributed by atoms with Gasteiger partial charge >= 0.3 is 5.97 Å². The van der Waals surface area contributed by atoms with Crippen LogP contribution in [0.15, 0.2) is 30.3 Å². The Morgan fingerprint density at radius 3 is 2.80 bits per heavy atom. The van der Waals surface area contributed by atoms with Crippen molar-refractivity contribution in [1.29, 1.82) is 0 Å². The minimum atomic E-state index is -0.411. The van der Waals surface area contributed by atoms with Crippen molar-refractivity contribution in [3.05, 3.63) is 52.6 Å². The molecule has 210 valence electrons. The van der Waals surface area contributed by atoms with Crippen LogP contribution >= 0.6 is 0 Å². The number of piperidine rings is 1. The average Bonchev–Trinajstić information content (AvgIpc) is 3.24. The van der Waals surface area contributed by atoms with E-state index in [4.69, 9.17) is 9.47 Å². The fourth-order valence-electron chi connectivity index (χ4n) is 8.01. The number of likely N-dealkylation sites (N-methyl/N-ethyl adjacent to an activating group) is 1. The Hall–Kier alpha value is -3.50.